The molecular formula is C21H17NO8. The number of hydrogen-bond donors (Lipinski definition) is 0. The molecule has 0 bridgehead atoms. The van der Waals surface area contributed by atoms with Crippen LogP contribution in [0.3, 0.4) is 0 Å². The molecule has 0 aliphatic carbocycles. The van der Waals surface area contributed by atoms with Gasteiger partial charge in [0.2, 0.25) is 5.75 Å². The Kier molecular flexibility index (Phi) is 5.82. The number of hydrogen-bond acceptors (Lipinski definition) is 8. The van der Waals surface area contributed by atoms with Crippen molar-refractivity contribution in [1.29, 1.82) is 0 Å². The van der Waals surface area contributed by atoms with E-state index in [0.717, 1.165) is 0 Å². The first kappa shape index (κ1) is 20.6. The summed E-state index contributed by atoms with van der Waals surface area (Å²) < 4.78 is 20.9. The van der Waals surface area contributed by atoms with E-state index in [1.165, 1.54) is 57.7 Å². The van der Waals surface area contributed by atoms with Crippen LogP contribution in [0.25, 0.3) is 17.0 Å². The molecule has 0 saturated carbocycles. The van der Waals surface area contributed by atoms with Gasteiger partial charge in [-0.1, -0.05) is 6.08 Å². The number of nitrogens with zero attached hydrogens (tertiary/aromatic N) is 1. The molecule has 9 heteroatoms. The molecule has 0 amide bonds. The first-order valence-corrected chi connectivity index (χ1v) is 8.62. The molecule has 0 fully saturated rings. The van der Waals surface area contributed by atoms with Gasteiger partial charge in [0, 0.05) is 17.5 Å². The average molecular weight is 411 g/mol. The number of methoxy groups -OCH3 is 3. The fraction of sp³-hybridized carbons (Fsp3) is 0.143. The Morgan fingerprint density at radius 3 is 2.27 bits per heavy atom. The maximum atomic E-state index is 12.6. The molecule has 0 spiro atoms. The molecule has 2 aromatic carbocycles. The Labute approximate surface area is 170 Å². The highest BCUT2D eigenvalue weighted by Gasteiger charge is 2.15. The van der Waals surface area contributed by atoms with Crippen LogP contribution in [0.15, 0.2) is 51.7 Å². The molecule has 0 aliphatic heterocycles. The number of rotatable bonds is 7. The largest absolute Gasteiger partial charge is 0.493 e. The van der Waals surface area contributed by atoms with E-state index >= 15 is 0 Å². The smallest absolute Gasteiger partial charge is 0.347 e. The van der Waals surface area contributed by atoms with E-state index in [4.69, 9.17) is 18.6 Å². The lowest BCUT2D eigenvalue weighted by Crippen LogP contribution is -2.12. The summed E-state index contributed by atoms with van der Waals surface area (Å²) in [6, 6.07) is 8.31. The van der Waals surface area contributed by atoms with E-state index in [9.17, 15) is 19.7 Å². The summed E-state index contributed by atoms with van der Waals surface area (Å²) in [4.78, 5) is 35.1. The fourth-order valence-electron chi connectivity index (χ4n) is 2.86. The van der Waals surface area contributed by atoms with Crippen molar-refractivity contribution in [3.8, 4) is 17.2 Å². The van der Waals surface area contributed by atoms with Gasteiger partial charge in [0.25, 0.3) is 5.69 Å². The van der Waals surface area contributed by atoms with Crippen molar-refractivity contribution in [3.63, 3.8) is 0 Å². The standard InChI is InChI=1S/C21H17NO8/c1-27-18-8-12(9-19(28-2)20(18)29-3)4-6-16(23)15-11-13-10-14(22(25)26)5-7-17(13)30-21(15)24/h4-11H,1-3H3. The second-order valence-electron chi connectivity index (χ2n) is 6.08. The van der Waals surface area contributed by atoms with Crippen LogP contribution >= 0.6 is 0 Å². The van der Waals surface area contributed by atoms with Gasteiger partial charge in [-0.15, -0.1) is 0 Å². The summed E-state index contributed by atoms with van der Waals surface area (Å²) in [6.45, 7) is 0. The highest BCUT2D eigenvalue weighted by Crippen LogP contribution is 2.38. The number of ketones is 1. The van der Waals surface area contributed by atoms with Gasteiger partial charge in [0.05, 0.1) is 26.3 Å². The Morgan fingerprint density at radius 1 is 1.03 bits per heavy atom. The fourth-order valence-corrected chi connectivity index (χ4v) is 2.86. The second-order valence-corrected chi connectivity index (χ2v) is 6.08. The first-order valence-electron chi connectivity index (χ1n) is 8.62. The first-order chi connectivity index (χ1) is 14.4. The van der Waals surface area contributed by atoms with E-state index in [1.54, 1.807) is 12.1 Å². The number of nitro benzene ring substituents is 1. The maximum absolute atomic E-state index is 12.6. The van der Waals surface area contributed by atoms with Crippen molar-refractivity contribution < 1.29 is 28.3 Å². The van der Waals surface area contributed by atoms with E-state index in [1.807, 2.05) is 0 Å². The van der Waals surface area contributed by atoms with Gasteiger partial charge in [0.15, 0.2) is 17.3 Å². The molecule has 0 radical (unpaired) electrons. The van der Waals surface area contributed by atoms with Crippen molar-refractivity contribution in [3.05, 3.63) is 74.1 Å². The van der Waals surface area contributed by atoms with Gasteiger partial charge in [-0.05, 0) is 35.9 Å². The number of ether oxygens (including phenoxy) is 3. The Hall–Kier alpha value is -4.14. The molecule has 0 saturated heterocycles. The van der Waals surface area contributed by atoms with Crippen LogP contribution in [0.1, 0.15) is 15.9 Å². The van der Waals surface area contributed by atoms with E-state index in [-0.39, 0.29) is 22.2 Å². The van der Waals surface area contributed by atoms with Crippen molar-refractivity contribution in [1.82, 2.24) is 0 Å². The minimum Gasteiger partial charge on any atom is -0.493 e. The summed E-state index contributed by atoms with van der Waals surface area (Å²) in [7, 11) is 4.41. The van der Waals surface area contributed by atoms with Gasteiger partial charge in [0.1, 0.15) is 11.1 Å². The molecule has 154 valence electrons. The SMILES string of the molecule is COc1cc(C=CC(=O)c2cc3cc([N+](=O)[O-])ccc3oc2=O)cc(OC)c1OC. The highest BCUT2D eigenvalue weighted by atomic mass is 16.6. The van der Waals surface area contributed by atoms with E-state index < -0.39 is 16.3 Å². The predicted molar refractivity (Wildman–Crippen MR) is 109 cm³/mol. The Bertz CT molecular complexity index is 1200. The molecule has 3 aromatic rings. The second kappa shape index (κ2) is 8.48. The molecule has 30 heavy (non-hydrogen) atoms. The summed E-state index contributed by atoms with van der Waals surface area (Å²) in [6.07, 6.45) is 2.67. The number of nitro groups is 1. The predicted octanol–water partition coefficient (Wildman–Crippen LogP) is 3.62. The van der Waals surface area contributed by atoms with Crippen LogP contribution in [0, 0.1) is 10.1 Å². The molecule has 1 aromatic heterocycles. The number of non-ortho nitro benzene ring substituents is 1. The van der Waals surface area contributed by atoms with Crippen LogP contribution in [0.4, 0.5) is 5.69 Å². The van der Waals surface area contributed by atoms with Gasteiger partial charge in [-0.3, -0.25) is 14.9 Å². The molecule has 0 N–H and O–H groups in total. The van der Waals surface area contributed by atoms with Crippen LogP contribution in [-0.2, 0) is 0 Å². The van der Waals surface area contributed by atoms with Crippen molar-refractivity contribution in [2.24, 2.45) is 0 Å². The monoisotopic (exact) mass is 411 g/mol. The average Bonchev–Trinajstić information content (AvgIpc) is 2.75. The topological polar surface area (TPSA) is 118 Å². The van der Waals surface area contributed by atoms with Gasteiger partial charge in [-0.25, -0.2) is 4.79 Å². The molecule has 0 unspecified atom stereocenters. The molecule has 1 heterocycles. The Morgan fingerprint density at radius 2 is 1.70 bits per heavy atom. The van der Waals surface area contributed by atoms with E-state index in [0.29, 0.717) is 22.8 Å². The van der Waals surface area contributed by atoms with Gasteiger partial charge < -0.3 is 18.6 Å². The highest BCUT2D eigenvalue weighted by molar-refractivity contribution is 6.07. The van der Waals surface area contributed by atoms with Gasteiger partial charge >= 0.3 is 5.63 Å². The zero-order chi connectivity index (χ0) is 21.8. The maximum Gasteiger partial charge on any atom is 0.347 e. The third-order valence-corrected chi connectivity index (χ3v) is 4.31. The lowest BCUT2D eigenvalue weighted by molar-refractivity contribution is -0.384. The summed E-state index contributed by atoms with van der Waals surface area (Å²) >= 11 is 0. The number of benzene rings is 2. The number of allylic oxidation sites excluding steroid dienone is 1. The zero-order valence-corrected chi connectivity index (χ0v) is 16.3. The van der Waals surface area contributed by atoms with Crippen molar-refractivity contribution in [2.45, 2.75) is 0 Å². The van der Waals surface area contributed by atoms with Crippen LogP contribution in [-0.4, -0.2) is 32.0 Å². The lowest BCUT2D eigenvalue weighted by Gasteiger charge is -2.12. The third kappa shape index (κ3) is 4.00. The van der Waals surface area contributed by atoms with E-state index in [2.05, 4.69) is 0 Å². The molecule has 3 rings (SSSR count). The molecule has 0 aliphatic rings. The number of carbonyl (C=O) groups excluding carboxylic acids is 1. The minimum absolute atomic E-state index is 0.149. The normalized spacial score (nSPS) is 10.9. The zero-order valence-electron chi connectivity index (χ0n) is 16.3. The van der Waals surface area contributed by atoms with Crippen LogP contribution in [0.5, 0.6) is 17.2 Å². The van der Waals surface area contributed by atoms with Gasteiger partial charge in [-0.2, -0.15) is 0 Å². The summed E-state index contributed by atoms with van der Waals surface area (Å²) in [5.74, 6) is 0.592. The van der Waals surface area contributed by atoms with Crippen LogP contribution < -0.4 is 19.8 Å². The van der Waals surface area contributed by atoms with Crippen molar-refractivity contribution >= 4 is 28.5 Å². The number of fused-ring (bicyclic) bond motifs is 1. The van der Waals surface area contributed by atoms with Crippen LogP contribution in [0.2, 0.25) is 0 Å². The quantitative estimate of drug-likeness (QED) is 0.190. The summed E-state index contributed by atoms with van der Waals surface area (Å²) in [5, 5.41) is 11.2. The summed E-state index contributed by atoms with van der Waals surface area (Å²) in [5.41, 5.74) is -0.542. The molecule has 9 nitrogen and oxygen atoms in total. The molecule has 0 atom stereocenters. The molecular weight excluding hydrogens is 394 g/mol. The minimum atomic E-state index is -0.837. The lowest BCUT2D eigenvalue weighted by atomic mass is 10.1. The Balaban J connectivity index is 1.98. The number of carbonyl (C=O) groups is 1. The third-order valence-electron chi connectivity index (χ3n) is 4.31. The van der Waals surface area contributed by atoms with Crippen molar-refractivity contribution in [2.75, 3.05) is 21.3 Å².